The highest BCUT2D eigenvalue weighted by Gasteiger charge is 2.35. The summed E-state index contributed by atoms with van der Waals surface area (Å²) in [5.41, 5.74) is 12.3. The molecule has 0 spiro atoms. The molecule has 15 heterocycles. The van der Waals surface area contributed by atoms with Crippen molar-refractivity contribution in [3.8, 4) is 44.5 Å². The molecule has 0 bridgehead atoms. The maximum absolute atomic E-state index is 15.0. The van der Waals surface area contributed by atoms with Crippen molar-refractivity contribution in [3.63, 3.8) is 0 Å². The average Bonchev–Trinajstić information content (AvgIpc) is 1.58. The average molecular weight is 1730 g/mol. The van der Waals surface area contributed by atoms with Gasteiger partial charge in [0.15, 0.2) is 5.82 Å². The van der Waals surface area contributed by atoms with Crippen molar-refractivity contribution in [2.75, 3.05) is 11.5 Å². The third-order valence-electron chi connectivity index (χ3n) is 21.8. The number of nitrogen functional groups attached to an aromatic ring is 2. The molecule has 0 aliphatic rings. The minimum atomic E-state index is -1.39. The number of hydrogen-bond acceptors (Lipinski definition) is 17. The van der Waals surface area contributed by atoms with E-state index in [-0.39, 0.29) is 199 Å². The Kier molecular flexibility index (Phi) is 20.4. The number of hydrogen-bond donors (Lipinski definition) is 12. The molecule has 15 aromatic heterocycles. The van der Waals surface area contributed by atoms with Crippen molar-refractivity contribution in [2.24, 2.45) is 0 Å². The minimum Gasteiger partial charge on any atom is -0.477 e. The van der Waals surface area contributed by atoms with Crippen molar-refractivity contribution >= 4 is 134 Å². The molecule has 0 radical (unpaired) electrons. The molecular formula is C91H58F6N14O17. The van der Waals surface area contributed by atoms with E-state index in [4.69, 9.17) is 29.1 Å². The van der Waals surface area contributed by atoms with Crippen LogP contribution >= 0.6 is 0 Å². The Bertz CT molecular complexity index is 8540. The number of aromatic nitrogens is 12. The van der Waals surface area contributed by atoms with Gasteiger partial charge in [0.25, 0.3) is 22.2 Å². The summed E-state index contributed by atoms with van der Waals surface area (Å²) in [6, 6.07) is 37.6. The molecule has 0 aliphatic carbocycles. The predicted octanol–water partition coefficient (Wildman–Crippen LogP) is 15.9. The zero-order valence-electron chi connectivity index (χ0n) is 65.3. The molecule has 0 aliphatic heterocycles. The number of benzene rings is 6. The van der Waals surface area contributed by atoms with Gasteiger partial charge in [0.2, 0.25) is 5.56 Å². The SMILES string of the molecule is Nc1cc(Cn2c(C(=O)O)c(-c3ccc[nH]c3=O)c3c4occc4c(F)cc32)ccn1.Nc1n[nH]c2cc(F)c(Cn3c(C(=O)O)c(-c4ccc[nH]c4=O)c4c5occc5c(F)cc43)cc12.O=C(O)c1c(-c2ccc[nH]c2=O)c2c3occc3c(F)cc2n1Cc1cc[nH]c(=O)c1.O=C(O)c1c(-c2ccc[nH]c2=O)c2c3occc3c(F)cc2n1Cc1ccccc1F. The molecule has 0 saturated carbocycles. The molecule has 0 fully saturated rings. The number of furan rings is 4. The van der Waals surface area contributed by atoms with Crippen molar-refractivity contribution in [2.45, 2.75) is 26.2 Å². The Morgan fingerprint density at radius 2 is 0.719 bits per heavy atom. The van der Waals surface area contributed by atoms with Crippen molar-refractivity contribution in [3.05, 3.63) is 352 Å². The third kappa shape index (κ3) is 13.9. The molecule has 14 N–H and O–H groups in total. The number of carbonyl (C=O) groups is 4. The number of anilines is 2. The Hall–Kier alpha value is -17.9. The maximum Gasteiger partial charge on any atom is 0.353 e. The second kappa shape index (κ2) is 32.1. The van der Waals surface area contributed by atoms with Crippen LogP contribution in [0.25, 0.3) is 143 Å². The van der Waals surface area contributed by atoms with Crippen LogP contribution in [-0.4, -0.2) is 103 Å². The number of aromatic carboxylic acids is 4. The number of nitrogens with two attached hydrogens (primary N) is 2. The van der Waals surface area contributed by atoms with Gasteiger partial charge in [0.1, 0.15) is 85.8 Å². The zero-order valence-corrected chi connectivity index (χ0v) is 65.3. The van der Waals surface area contributed by atoms with Crippen LogP contribution in [0.1, 0.15) is 64.2 Å². The van der Waals surface area contributed by atoms with Gasteiger partial charge >= 0.3 is 23.9 Å². The monoisotopic (exact) mass is 1730 g/mol. The first kappa shape index (κ1) is 81.1. The third-order valence-corrected chi connectivity index (χ3v) is 21.8. The van der Waals surface area contributed by atoms with Gasteiger partial charge in [-0.05, 0) is 145 Å². The number of carboxylic acids is 4. The molecule has 636 valence electrons. The van der Waals surface area contributed by atoms with E-state index in [1.54, 1.807) is 48.5 Å². The fraction of sp³-hybridized carbons (Fsp3) is 0.0440. The van der Waals surface area contributed by atoms with Crippen molar-refractivity contribution < 1.29 is 83.6 Å². The number of nitrogens with one attached hydrogen (secondary N) is 6. The summed E-state index contributed by atoms with van der Waals surface area (Å²) in [4.78, 5) is 129. The van der Waals surface area contributed by atoms with Crippen LogP contribution in [0.3, 0.4) is 0 Å². The van der Waals surface area contributed by atoms with Gasteiger partial charge < -0.3 is 92.8 Å². The number of fused-ring (bicyclic) bond motifs is 13. The number of carboxylic acid groups (broad SMARTS) is 4. The summed E-state index contributed by atoms with van der Waals surface area (Å²) in [6.07, 6.45) is 13.9. The Balaban J connectivity index is 0.000000115. The van der Waals surface area contributed by atoms with E-state index >= 15 is 4.39 Å². The number of rotatable bonds is 16. The summed E-state index contributed by atoms with van der Waals surface area (Å²) < 4.78 is 116. The molecule has 0 unspecified atom stereocenters. The molecule has 31 nitrogen and oxygen atoms in total. The second-order valence-electron chi connectivity index (χ2n) is 29.1. The maximum atomic E-state index is 15.0. The van der Waals surface area contributed by atoms with E-state index in [0.29, 0.717) is 32.8 Å². The Morgan fingerprint density at radius 1 is 0.359 bits per heavy atom. The van der Waals surface area contributed by atoms with Crippen molar-refractivity contribution in [1.29, 1.82) is 0 Å². The fourth-order valence-corrected chi connectivity index (χ4v) is 16.4. The summed E-state index contributed by atoms with van der Waals surface area (Å²) in [6.45, 7) is -0.429. The van der Waals surface area contributed by atoms with Crippen LogP contribution in [-0.2, 0) is 26.2 Å². The quantitative estimate of drug-likeness (QED) is 0.0400. The van der Waals surface area contributed by atoms with Crippen LogP contribution < -0.4 is 39.3 Å². The molecule has 0 amide bonds. The molecule has 21 rings (SSSR count). The fourth-order valence-electron chi connectivity index (χ4n) is 16.4. The molecule has 0 saturated heterocycles. The highest BCUT2D eigenvalue weighted by atomic mass is 19.1. The summed E-state index contributed by atoms with van der Waals surface area (Å²) in [7, 11) is 0. The molecule has 21 aromatic rings. The Labute approximate surface area is 706 Å². The number of nitrogens with zero attached hydrogens (tertiary/aromatic N) is 6. The molecule has 128 heavy (non-hydrogen) atoms. The molecule has 0 atom stereocenters. The van der Waals surface area contributed by atoms with Gasteiger partial charge in [-0.2, -0.15) is 5.10 Å². The van der Waals surface area contributed by atoms with Gasteiger partial charge in [-0.1, -0.05) is 18.2 Å². The minimum absolute atomic E-state index is 0.0293. The van der Waals surface area contributed by atoms with Crippen LogP contribution in [0.5, 0.6) is 0 Å². The van der Waals surface area contributed by atoms with E-state index in [9.17, 15) is 85.5 Å². The normalized spacial score (nSPS) is 11.5. The van der Waals surface area contributed by atoms with Crippen LogP contribution in [0.15, 0.2) is 262 Å². The van der Waals surface area contributed by atoms with Gasteiger partial charge in [0, 0.05) is 95.1 Å². The van der Waals surface area contributed by atoms with Gasteiger partial charge in [-0.3, -0.25) is 29.1 Å². The first-order valence-electron chi connectivity index (χ1n) is 38.3. The van der Waals surface area contributed by atoms with Crippen LogP contribution in [0.2, 0.25) is 0 Å². The van der Waals surface area contributed by atoms with E-state index < -0.39 is 81.0 Å². The lowest BCUT2D eigenvalue weighted by Gasteiger charge is -2.11. The number of H-pyrrole nitrogens is 6. The van der Waals surface area contributed by atoms with Crippen LogP contribution in [0.4, 0.5) is 38.0 Å². The van der Waals surface area contributed by atoms with Gasteiger partial charge in [-0.15, -0.1) is 0 Å². The molecule has 6 aromatic carbocycles. The lowest BCUT2D eigenvalue weighted by Crippen LogP contribution is -2.14. The van der Waals surface area contributed by atoms with E-state index in [1.165, 1.54) is 184 Å². The lowest BCUT2D eigenvalue weighted by atomic mass is 10.0. The second-order valence-corrected chi connectivity index (χ2v) is 29.1. The summed E-state index contributed by atoms with van der Waals surface area (Å²) in [5, 5.41) is 49.3. The van der Waals surface area contributed by atoms with E-state index in [1.807, 2.05) is 0 Å². The van der Waals surface area contributed by atoms with Crippen LogP contribution in [0, 0.1) is 34.9 Å². The Morgan fingerprint density at radius 3 is 1.07 bits per heavy atom. The smallest absolute Gasteiger partial charge is 0.353 e. The first-order valence-corrected chi connectivity index (χ1v) is 38.3. The van der Waals surface area contributed by atoms with Gasteiger partial charge in [-0.25, -0.2) is 50.5 Å². The standard InChI is InChI=1S/C24H15F2N5O4.C23H14F2N2O4.C22H15FN4O4.C22H14FN3O5/c25-14-7-16-13(22(27)30-29-16)6-10(14)9-31-17-8-15(26)11-3-5-35-21(11)19(17)18(20(31)24(33)34)12-2-1-4-28-23(12)32;24-15-6-2-1-4-12(15)11-27-17-10-16(25)13-7-9-31-21(13)19(17)18(20(27)23(29)30)14-5-3-8-26-22(14)28;23-14-9-15-18(20-12(14)4-7-31-20)17(13-2-1-5-26-21(13)28)19(22(29)30)27(15)10-11-3-6-25-16(24)8-11;23-14-9-15-18(20-12(14)4-7-31-20)17(13-2-1-5-25-21(13)28)19(22(29)30)26(15)10-11-3-6-24-16(27)8-11/h1-8H,9H2,(H,28,32)(H,33,34)(H3,27,29,30);1-10H,11H2,(H,26,28)(H,29,30);1-9H,10H2,(H2,24,25)(H,26,28)(H,29,30);1-9H,10H2,(H,24,27)(H,25,28)(H,29,30). The highest BCUT2D eigenvalue weighted by molar-refractivity contribution is 6.21. The van der Waals surface area contributed by atoms with E-state index in [2.05, 4.69) is 40.1 Å². The summed E-state index contributed by atoms with van der Waals surface area (Å²) in [5.74, 6) is -8.47. The zero-order chi connectivity index (χ0) is 89.5. The topological polar surface area (TPSA) is 479 Å². The lowest BCUT2D eigenvalue weighted by molar-refractivity contribution is 0.0676. The van der Waals surface area contributed by atoms with Gasteiger partial charge in [0.05, 0.1) is 131 Å². The predicted molar refractivity (Wildman–Crippen MR) is 458 cm³/mol. The molecular weight excluding hydrogens is 1680 g/mol. The molecule has 37 heteroatoms. The number of halogens is 6. The van der Waals surface area contributed by atoms with Crippen molar-refractivity contribution in [1.82, 2.24) is 58.4 Å². The highest BCUT2D eigenvalue weighted by Crippen LogP contribution is 2.46. The first-order chi connectivity index (χ1) is 61.7. The number of aromatic amines is 6. The summed E-state index contributed by atoms with van der Waals surface area (Å²) >= 11 is 0. The number of pyridine rings is 6. The van der Waals surface area contributed by atoms with E-state index in [0.717, 1.165) is 6.07 Å². The largest absolute Gasteiger partial charge is 0.477 e.